The maximum absolute atomic E-state index is 13.0. The van der Waals surface area contributed by atoms with Crippen LogP contribution in [0.15, 0.2) is 30.3 Å². The van der Waals surface area contributed by atoms with Crippen molar-refractivity contribution in [1.82, 2.24) is 15.1 Å². The molecule has 2 unspecified atom stereocenters. The van der Waals surface area contributed by atoms with E-state index in [9.17, 15) is 9.59 Å². The molecule has 2 atom stereocenters. The zero-order valence-electron chi connectivity index (χ0n) is 16.8. The lowest BCUT2D eigenvalue weighted by Crippen LogP contribution is -2.48. The Morgan fingerprint density at radius 1 is 1.18 bits per heavy atom. The number of nitrogens with one attached hydrogen (secondary N) is 1. The molecule has 28 heavy (non-hydrogen) atoms. The van der Waals surface area contributed by atoms with Crippen molar-refractivity contribution in [2.75, 3.05) is 26.2 Å². The van der Waals surface area contributed by atoms with Gasteiger partial charge in [0.2, 0.25) is 0 Å². The fraction of sp³-hybridized carbons (Fsp3) is 0.636. The first kappa shape index (κ1) is 20.6. The van der Waals surface area contributed by atoms with Crippen LogP contribution < -0.4 is 5.32 Å². The summed E-state index contributed by atoms with van der Waals surface area (Å²) in [5.74, 6) is -0.382. The van der Waals surface area contributed by atoms with Crippen LogP contribution in [0.1, 0.15) is 44.6 Å². The summed E-state index contributed by atoms with van der Waals surface area (Å²) in [7, 11) is 0. The Kier molecular flexibility index (Phi) is 7.31. The third-order valence-corrected chi connectivity index (χ3v) is 5.97. The summed E-state index contributed by atoms with van der Waals surface area (Å²) >= 11 is 0. The maximum Gasteiger partial charge on any atom is 0.317 e. The fourth-order valence-corrected chi connectivity index (χ4v) is 4.22. The van der Waals surface area contributed by atoms with Gasteiger partial charge in [0, 0.05) is 44.7 Å². The molecule has 1 aromatic carbocycles. The number of carboxylic acids is 1. The van der Waals surface area contributed by atoms with E-state index in [1.54, 1.807) is 0 Å². The normalized spacial score (nSPS) is 22.2. The first-order valence-corrected chi connectivity index (χ1v) is 10.6. The highest BCUT2D eigenvalue weighted by Crippen LogP contribution is 2.26. The molecular formula is C22H33N3O3. The Morgan fingerprint density at radius 3 is 2.57 bits per heavy atom. The number of urea groups is 1. The van der Waals surface area contributed by atoms with Gasteiger partial charge in [-0.3, -0.25) is 9.69 Å². The Bertz CT molecular complexity index is 648. The predicted molar refractivity (Wildman–Crippen MR) is 109 cm³/mol. The third kappa shape index (κ3) is 5.96. The summed E-state index contributed by atoms with van der Waals surface area (Å²) in [5.41, 5.74) is 1.11. The molecule has 2 fully saturated rings. The number of amides is 2. The molecule has 3 rings (SSSR count). The molecule has 0 bridgehead atoms. The van der Waals surface area contributed by atoms with Crippen LogP contribution in [0.25, 0.3) is 0 Å². The topological polar surface area (TPSA) is 72.9 Å². The van der Waals surface area contributed by atoms with Crippen molar-refractivity contribution in [3.63, 3.8) is 0 Å². The highest BCUT2D eigenvalue weighted by molar-refractivity contribution is 5.75. The van der Waals surface area contributed by atoms with Crippen LogP contribution in [0.4, 0.5) is 4.79 Å². The van der Waals surface area contributed by atoms with Crippen molar-refractivity contribution in [3.8, 4) is 0 Å². The van der Waals surface area contributed by atoms with Crippen LogP contribution in [-0.2, 0) is 11.2 Å². The predicted octanol–water partition coefficient (Wildman–Crippen LogP) is 2.98. The monoisotopic (exact) mass is 387 g/mol. The second-order valence-corrected chi connectivity index (χ2v) is 8.40. The Morgan fingerprint density at radius 2 is 1.93 bits per heavy atom. The standard InChI is InChI=1S/C22H33N3O3/c1-17-15-24(20-8-5-9-20)12-13-25(16-17)22(28)23-19(10-11-21(26)27)14-18-6-3-2-4-7-18/h2-4,6-7,17,19-20H,5,8-16H2,1H3,(H,23,28)(H,26,27). The Labute approximate surface area is 167 Å². The van der Waals surface area contributed by atoms with E-state index in [2.05, 4.69) is 17.1 Å². The molecule has 6 nitrogen and oxygen atoms in total. The van der Waals surface area contributed by atoms with Gasteiger partial charge < -0.3 is 15.3 Å². The number of nitrogens with zero attached hydrogens (tertiary/aromatic N) is 2. The minimum atomic E-state index is -0.827. The van der Waals surface area contributed by atoms with Gasteiger partial charge in [0.25, 0.3) is 0 Å². The summed E-state index contributed by atoms with van der Waals surface area (Å²) in [6, 6.07) is 10.4. The Hall–Kier alpha value is -2.08. The van der Waals surface area contributed by atoms with E-state index in [4.69, 9.17) is 5.11 Å². The molecule has 6 heteroatoms. The van der Waals surface area contributed by atoms with Gasteiger partial charge in [0.1, 0.15) is 0 Å². The first-order chi connectivity index (χ1) is 13.5. The van der Waals surface area contributed by atoms with E-state index in [1.165, 1.54) is 19.3 Å². The maximum atomic E-state index is 13.0. The molecule has 0 aromatic heterocycles. The van der Waals surface area contributed by atoms with Crippen LogP contribution in [0.3, 0.4) is 0 Å². The van der Waals surface area contributed by atoms with Gasteiger partial charge in [0.15, 0.2) is 0 Å². The Balaban J connectivity index is 1.58. The molecule has 154 valence electrons. The zero-order chi connectivity index (χ0) is 19.9. The van der Waals surface area contributed by atoms with Crippen LogP contribution in [0.2, 0.25) is 0 Å². The molecule has 1 saturated heterocycles. The van der Waals surface area contributed by atoms with Gasteiger partial charge in [-0.15, -0.1) is 0 Å². The summed E-state index contributed by atoms with van der Waals surface area (Å²) in [6.45, 7) is 5.70. The van der Waals surface area contributed by atoms with E-state index >= 15 is 0 Å². The van der Waals surface area contributed by atoms with Gasteiger partial charge in [-0.05, 0) is 37.2 Å². The fourth-order valence-electron chi connectivity index (χ4n) is 4.22. The quantitative estimate of drug-likeness (QED) is 0.754. The number of aliphatic carboxylic acids is 1. The summed E-state index contributed by atoms with van der Waals surface area (Å²) in [6.07, 6.45) is 5.04. The van der Waals surface area contributed by atoms with Gasteiger partial charge >= 0.3 is 12.0 Å². The molecule has 0 spiro atoms. The van der Waals surface area contributed by atoms with E-state index in [0.717, 1.165) is 31.7 Å². The molecule has 1 aromatic rings. The van der Waals surface area contributed by atoms with Crippen LogP contribution >= 0.6 is 0 Å². The van der Waals surface area contributed by atoms with Crippen LogP contribution in [-0.4, -0.2) is 65.2 Å². The van der Waals surface area contributed by atoms with Crippen molar-refractivity contribution >= 4 is 12.0 Å². The minimum absolute atomic E-state index is 0.0592. The van der Waals surface area contributed by atoms with E-state index in [1.807, 2.05) is 35.2 Å². The minimum Gasteiger partial charge on any atom is -0.481 e. The number of hydrogen-bond acceptors (Lipinski definition) is 3. The molecule has 2 aliphatic rings. The lowest BCUT2D eigenvalue weighted by atomic mass is 9.91. The highest BCUT2D eigenvalue weighted by atomic mass is 16.4. The molecule has 0 radical (unpaired) electrons. The van der Waals surface area contributed by atoms with E-state index < -0.39 is 5.97 Å². The number of hydrogen-bond donors (Lipinski definition) is 2. The lowest BCUT2D eigenvalue weighted by molar-refractivity contribution is -0.137. The lowest BCUT2D eigenvalue weighted by Gasteiger charge is -2.37. The second kappa shape index (κ2) is 9.92. The number of benzene rings is 1. The molecule has 2 N–H and O–H groups in total. The highest BCUT2D eigenvalue weighted by Gasteiger charge is 2.30. The summed E-state index contributed by atoms with van der Waals surface area (Å²) in [4.78, 5) is 28.5. The van der Waals surface area contributed by atoms with Crippen molar-refractivity contribution in [1.29, 1.82) is 0 Å². The third-order valence-electron chi connectivity index (χ3n) is 5.97. The average molecular weight is 388 g/mol. The first-order valence-electron chi connectivity index (χ1n) is 10.6. The van der Waals surface area contributed by atoms with Gasteiger partial charge in [0.05, 0.1) is 0 Å². The summed E-state index contributed by atoms with van der Waals surface area (Å²) in [5, 5.41) is 12.2. The van der Waals surface area contributed by atoms with Crippen molar-refractivity contribution in [2.24, 2.45) is 5.92 Å². The van der Waals surface area contributed by atoms with Gasteiger partial charge in [-0.25, -0.2) is 4.79 Å². The average Bonchev–Trinajstić information content (AvgIpc) is 2.80. The van der Waals surface area contributed by atoms with Crippen molar-refractivity contribution in [3.05, 3.63) is 35.9 Å². The van der Waals surface area contributed by atoms with Crippen molar-refractivity contribution in [2.45, 2.75) is 57.5 Å². The molecule has 1 aliphatic heterocycles. The van der Waals surface area contributed by atoms with Gasteiger partial charge in [-0.1, -0.05) is 43.7 Å². The SMILES string of the molecule is CC1CN(C(=O)NC(CCC(=O)O)Cc2ccccc2)CCN(C2CCC2)C1. The zero-order valence-corrected chi connectivity index (χ0v) is 16.8. The molecule has 1 heterocycles. The van der Waals surface area contributed by atoms with Crippen LogP contribution in [0, 0.1) is 5.92 Å². The number of rotatable bonds is 7. The molecule has 1 saturated carbocycles. The number of carbonyl (C=O) groups is 2. The number of carboxylic acid groups (broad SMARTS) is 1. The van der Waals surface area contributed by atoms with E-state index in [-0.39, 0.29) is 18.5 Å². The second-order valence-electron chi connectivity index (χ2n) is 8.40. The number of carbonyl (C=O) groups excluding carboxylic acids is 1. The van der Waals surface area contributed by atoms with Crippen LogP contribution in [0.5, 0.6) is 0 Å². The smallest absolute Gasteiger partial charge is 0.317 e. The molecular weight excluding hydrogens is 354 g/mol. The largest absolute Gasteiger partial charge is 0.481 e. The molecule has 1 aliphatic carbocycles. The van der Waals surface area contributed by atoms with Crippen molar-refractivity contribution < 1.29 is 14.7 Å². The van der Waals surface area contributed by atoms with E-state index in [0.29, 0.717) is 24.8 Å². The molecule has 2 amide bonds. The summed E-state index contributed by atoms with van der Waals surface area (Å²) < 4.78 is 0. The van der Waals surface area contributed by atoms with Gasteiger partial charge in [-0.2, -0.15) is 0 Å².